The number of halogens is 4. The first-order chi connectivity index (χ1) is 39.0. The number of sulfone groups is 1. The van der Waals surface area contributed by atoms with Crippen LogP contribution in [0, 0.1) is 5.41 Å². The van der Waals surface area contributed by atoms with E-state index >= 15 is 0 Å². The molecule has 0 unspecified atom stereocenters. The van der Waals surface area contributed by atoms with Crippen molar-refractivity contribution in [3.05, 3.63) is 119 Å². The fourth-order valence-electron chi connectivity index (χ4n) is 11.1. The Labute approximate surface area is 489 Å². The van der Waals surface area contributed by atoms with E-state index in [2.05, 4.69) is 44.0 Å². The number of anilines is 2. The number of carbonyl (C=O) groups excluding carboxylic acids is 1. The Balaban J connectivity index is 0.891. The summed E-state index contributed by atoms with van der Waals surface area (Å²) in [6.45, 7) is 11.8. The molecule has 0 radical (unpaired) electrons. The maximum absolute atomic E-state index is 14.3. The number of alkyl halides is 3. The number of ether oxygens (including phenoxy) is 1. The molecule has 3 N–H and O–H groups in total. The zero-order valence-electron chi connectivity index (χ0n) is 46.0. The van der Waals surface area contributed by atoms with Crippen molar-refractivity contribution < 1.29 is 57.9 Å². The van der Waals surface area contributed by atoms with E-state index in [1.54, 1.807) is 12.1 Å². The van der Waals surface area contributed by atoms with E-state index in [4.69, 9.17) is 21.4 Å². The van der Waals surface area contributed by atoms with Crippen molar-refractivity contribution in [3.63, 3.8) is 0 Å². The lowest BCUT2D eigenvalue weighted by Crippen LogP contribution is -2.52. The number of aliphatic carboxylic acids is 1. The molecule has 0 aromatic heterocycles. The lowest BCUT2D eigenvalue weighted by atomic mass is 9.71. The van der Waals surface area contributed by atoms with E-state index < -0.39 is 68.8 Å². The van der Waals surface area contributed by atoms with Crippen LogP contribution in [0.5, 0.6) is 0 Å². The Morgan fingerprint density at radius 3 is 2.18 bits per heavy atom. The van der Waals surface area contributed by atoms with Gasteiger partial charge in [0.25, 0.3) is 25.8 Å². The molecule has 4 aromatic rings. The van der Waals surface area contributed by atoms with Crippen molar-refractivity contribution >= 4 is 82.1 Å². The monoisotopic (exact) mass is 1240 g/mol. The van der Waals surface area contributed by atoms with E-state index in [1.807, 2.05) is 47.2 Å². The number of benzene rings is 4. The number of carbonyl (C=O) groups is 2. The minimum atomic E-state index is -6.10. The van der Waals surface area contributed by atoms with Gasteiger partial charge in [-0.1, -0.05) is 54.4 Å². The highest BCUT2D eigenvalue weighted by Crippen LogP contribution is 2.44. The number of thioether (sulfide) groups is 1. The minimum Gasteiger partial charge on any atom is -0.481 e. The zero-order chi connectivity index (χ0) is 58.7. The molecule has 17 nitrogen and oxygen atoms in total. The quantitative estimate of drug-likeness (QED) is 0.0445. The topological polar surface area (TPSA) is 206 Å². The third kappa shape index (κ3) is 17.2. The van der Waals surface area contributed by atoms with Gasteiger partial charge < -0.3 is 29.9 Å². The molecule has 1 aliphatic carbocycles. The van der Waals surface area contributed by atoms with Gasteiger partial charge in [0.15, 0.2) is 0 Å². The van der Waals surface area contributed by atoms with Gasteiger partial charge in [0.2, 0.25) is 10.0 Å². The molecular formula is C57H73ClF3N7O10S4. The van der Waals surface area contributed by atoms with Crippen LogP contribution in [0.25, 0.3) is 5.57 Å². The number of allylic oxidation sites excluding steroid dienone is 1. The van der Waals surface area contributed by atoms with Gasteiger partial charge in [0, 0.05) is 131 Å². The maximum Gasteiger partial charge on any atom is 0.501 e. The number of nitrogens with zero attached hydrogens (tertiary/aromatic N) is 5. The van der Waals surface area contributed by atoms with E-state index in [0.29, 0.717) is 102 Å². The molecule has 0 bridgehead atoms. The van der Waals surface area contributed by atoms with E-state index in [1.165, 1.54) is 39.3 Å². The van der Waals surface area contributed by atoms with Crippen LogP contribution in [0.4, 0.5) is 24.5 Å². The molecule has 82 heavy (non-hydrogen) atoms. The molecule has 448 valence electrons. The Morgan fingerprint density at radius 2 is 1.50 bits per heavy atom. The summed E-state index contributed by atoms with van der Waals surface area (Å²) in [6, 6.07) is 25.5. The standard InChI is InChI=1S/C57H73ClF3N7O10S4/c1-56(42-66-28-32-68(33-29-66)80(72,73)37-6-5-10-54(69)70)23-21-51(43-11-15-46(58)16-12-43)45(39-56)40-65-26-30-67(31-27-65)48-17-13-44(14-18-48)55(71)63-82(76,77)50-19-20-52(53(38-50)81(74,75)57(59,60)61)62-47(41-79-49-8-3-2-4-9-49)22-25-64-24-7-35-78-36-34-64/h2-4,8-9,11-20,38,47,62H,5-7,10,21-37,39-42H2,1H3,(H,63,71)(H,69,70)/t47-,56-/m1/s1. The normalized spacial score (nSPS) is 20.1. The molecule has 1 amide bonds. The number of carboxylic acids is 1. The van der Waals surface area contributed by atoms with Gasteiger partial charge in [-0.15, -0.1) is 11.8 Å². The van der Waals surface area contributed by atoms with E-state index in [-0.39, 0.29) is 23.2 Å². The third-order valence-corrected chi connectivity index (χ3v) is 21.9. The Hall–Kier alpha value is -4.76. The molecule has 0 spiro atoms. The van der Waals surface area contributed by atoms with Crippen LogP contribution in [0.2, 0.25) is 5.02 Å². The molecule has 3 saturated heterocycles. The maximum atomic E-state index is 14.3. The lowest BCUT2D eigenvalue weighted by Gasteiger charge is -2.44. The average Bonchev–Trinajstić information content (AvgIpc) is 3.88. The first-order valence-corrected chi connectivity index (χ1v) is 33.6. The molecule has 8 rings (SSSR count). The smallest absolute Gasteiger partial charge is 0.481 e. The van der Waals surface area contributed by atoms with Crippen molar-refractivity contribution in [2.45, 2.75) is 84.5 Å². The highest BCUT2D eigenvalue weighted by atomic mass is 35.5. The number of rotatable bonds is 24. The molecular weight excluding hydrogens is 1160 g/mol. The zero-order valence-corrected chi connectivity index (χ0v) is 50.0. The molecule has 3 heterocycles. The number of sulfonamides is 2. The fourth-order valence-corrected chi connectivity index (χ4v) is 15.8. The molecule has 3 fully saturated rings. The van der Waals surface area contributed by atoms with Gasteiger partial charge in [-0.05, 0) is 128 Å². The van der Waals surface area contributed by atoms with Gasteiger partial charge in [0.1, 0.15) is 4.90 Å². The summed E-state index contributed by atoms with van der Waals surface area (Å²) in [4.78, 5) is 32.3. The van der Waals surface area contributed by atoms with Gasteiger partial charge in [-0.3, -0.25) is 14.5 Å². The summed E-state index contributed by atoms with van der Waals surface area (Å²) >= 11 is 7.75. The third-order valence-electron chi connectivity index (χ3n) is 15.6. The summed E-state index contributed by atoms with van der Waals surface area (Å²) in [5.41, 5.74) is -1.73. The van der Waals surface area contributed by atoms with Crippen LogP contribution >= 0.6 is 23.4 Å². The summed E-state index contributed by atoms with van der Waals surface area (Å²) in [7, 11) is -14.5. The number of hydrogen-bond acceptors (Lipinski definition) is 15. The lowest BCUT2D eigenvalue weighted by molar-refractivity contribution is -0.137. The second-order valence-corrected chi connectivity index (χ2v) is 29.0. The van der Waals surface area contributed by atoms with Crippen molar-refractivity contribution in [2.75, 3.05) is 120 Å². The SMILES string of the molecule is C[C@@]1(CN2CCN(S(=O)(=O)CCCCC(=O)O)CC2)CCC(c2ccc(Cl)cc2)=C(CN2CCN(c3ccc(C(=O)NS(=O)(=O)c4ccc(N[C@H](CCN5CCCOCC5)CSc5ccccc5)c(S(=O)(=O)C(F)(F)F)c4)cc3)CC2)C1. The Morgan fingerprint density at radius 1 is 0.805 bits per heavy atom. The summed E-state index contributed by atoms with van der Waals surface area (Å²) in [5.74, 6) is -1.70. The second kappa shape index (κ2) is 28.0. The van der Waals surface area contributed by atoms with Crippen LogP contribution < -0.4 is 14.9 Å². The van der Waals surface area contributed by atoms with Gasteiger partial charge >= 0.3 is 11.5 Å². The largest absolute Gasteiger partial charge is 0.501 e. The number of hydrogen-bond donors (Lipinski definition) is 3. The summed E-state index contributed by atoms with van der Waals surface area (Å²) < 4.78 is 132. The Bertz CT molecular complexity index is 3200. The number of amides is 1. The first kappa shape index (κ1) is 63.3. The summed E-state index contributed by atoms with van der Waals surface area (Å²) in [5, 5.41) is 12.6. The average molecular weight is 1240 g/mol. The predicted molar refractivity (Wildman–Crippen MR) is 314 cm³/mol. The number of piperazine rings is 2. The highest BCUT2D eigenvalue weighted by Gasteiger charge is 2.49. The van der Waals surface area contributed by atoms with Gasteiger partial charge in [-0.25, -0.2) is 30.0 Å². The first-order valence-electron chi connectivity index (χ1n) is 27.7. The second-order valence-electron chi connectivity index (χ2n) is 21.8. The fraction of sp³-hybridized carbons (Fsp3) is 0.509. The molecule has 4 aliphatic rings. The molecule has 25 heteroatoms. The van der Waals surface area contributed by atoms with Crippen LogP contribution in [0.3, 0.4) is 0 Å². The number of carboxylic acid groups (broad SMARTS) is 1. The van der Waals surface area contributed by atoms with E-state index in [0.717, 1.165) is 86.7 Å². The van der Waals surface area contributed by atoms with Crippen molar-refractivity contribution in [1.82, 2.24) is 23.7 Å². The highest BCUT2D eigenvalue weighted by molar-refractivity contribution is 7.99. The van der Waals surface area contributed by atoms with Crippen LogP contribution in [0.1, 0.15) is 74.2 Å². The Kier molecular flexibility index (Phi) is 21.6. The number of unbranched alkanes of at least 4 members (excludes halogenated alkanes) is 1. The number of nitrogens with one attached hydrogen (secondary N) is 2. The van der Waals surface area contributed by atoms with Crippen molar-refractivity contribution in [1.29, 1.82) is 0 Å². The minimum absolute atomic E-state index is 0.0407. The van der Waals surface area contributed by atoms with Crippen molar-refractivity contribution in [2.24, 2.45) is 5.41 Å². The molecule has 2 atom stereocenters. The van der Waals surface area contributed by atoms with Gasteiger partial charge in [-0.2, -0.15) is 17.5 Å². The molecule has 3 aliphatic heterocycles. The van der Waals surface area contributed by atoms with Crippen LogP contribution in [-0.2, 0) is 39.4 Å². The summed E-state index contributed by atoms with van der Waals surface area (Å²) in [6.07, 6.45) is 4.50. The predicted octanol–water partition coefficient (Wildman–Crippen LogP) is 8.41. The van der Waals surface area contributed by atoms with E-state index in [9.17, 15) is 48.0 Å². The van der Waals surface area contributed by atoms with Crippen LogP contribution in [-0.4, -0.2) is 183 Å². The molecule has 0 saturated carbocycles. The van der Waals surface area contributed by atoms with Crippen molar-refractivity contribution in [3.8, 4) is 0 Å². The molecule has 4 aromatic carbocycles. The van der Waals surface area contributed by atoms with Gasteiger partial charge in [0.05, 0.1) is 22.9 Å². The van der Waals surface area contributed by atoms with Crippen LogP contribution in [0.15, 0.2) is 117 Å².